The van der Waals surface area contributed by atoms with Crippen molar-refractivity contribution in [3.63, 3.8) is 0 Å². The van der Waals surface area contributed by atoms with Crippen LogP contribution in [0.1, 0.15) is 60.3 Å². The smallest absolute Gasteiger partial charge is 0.478 e. The number of carbonyl (C=O) groups is 2. The molecule has 26 nitrogen and oxygen atoms in total. The van der Waals surface area contributed by atoms with E-state index in [-0.39, 0.29) is 41.2 Å². The van der Waals surface area contributed by atoms with E-state index in [2.05, 4.69) is 48.0 Å². The molecule has 2 aliphatic heterocycles. The molecule has 3 unspecified atom stereocenters. The van der Waals surface area contributed by atoms with Crippen LogP contribution in [0.2, 0.25) is 0 Å². The standard InChI is InChI=1S/C46H57N8O18P3S4/c1-3-79(76)27-67-39-23-41(70-40(39)25-68-74(62,63)72-75(64,65)71-73(59,60)61)54-24-30(43(49)53-46(54)58)8-7-16-52-45(57)51-15-5-4-6-18-66-26-78-77-19-17-50-28(2)29-9-12-33(44(55)56)36(20-29)42-34-13-10-31(47)21-37(34)69-38-22-32(48)11-14-35(38)42/h9-14,20-22,24,39-41,47,50H,2-6,15-19,23,25-27,48H2,1H3,(H,55,56)(H,62,63)(H,64,65)(H2,49,53,58)(H2,51,52,57)(H2,59,60,61)/t39-,40-,41-,79?/m1/s1. The van der Waals surface area contributed by atoms with Gasteiger partial charge in [-0.1, -0.05) is 62.5 Å². The number of phosphoric acid groups is 3. The first-order valence-electron chi connectivity index (χ1n) is 23.7. The molecule has 428 valence electrons. The lowest BCUT2D eigenvalue weighted by atomic mass is 9.89. The number of nitrogen functional groups attached to an aromatic ring is 2. The second-order valence-corrected chi connectivity index (χ2v) is 26.9. The van der Waals surface area contributed by atoms with Gasteiger partial charge in [-0.3, -0.25) is 9.09 Å². The van der Waals surface area contributed by atoms with Gasteiger partial charge in [0.1, 0.15) is 35.4 Å². The summed E-state index contributed by atoms with van der Waals surface area (Å²) in [5.41, 5.74) is 15.4. The Hall–Kier alpha value is -4.99. The van der Waals surface area contributed by atoms with Gasteiger partial charge in [-0.05, 0) is 83.7 Å². The molecule has 2 aromatic carbocycles. The van der Waals surface area contributed by atoms with Crippen molar-refractivity contribution >= 4 is 106 Å². The fourth-order valence-electron chi connectivity index (χ4n) is 7.59. The molecule has 6 atom stereocenters. The van der Waals surface area contributed by atoms with Crippen LogP contribution in [0.25, 0.3) is 39.1 Å². The molecule has 3 aliphatic rings. The van der Waals surface area contributed by atoms with Crippen LogP contribution in [-0.2, 0) is 61.7 Å². The third-order valence-corrected chi connectivity index (χ3v) is 19.1. The number of hydrogen-bond donors (Lipinski definition) is 11. The molecule has 13 N–H and O–H groups in total. The number of carboxylic acid groups (broad SMARTS) is 1. The van der Waals surface area contributed by atoms with E-state index in [9.17, 15) is 43.0 Å². The molecule has 33 heteroatoms. The zero-order chi connectivity index (χ0) is 57.5. The Morgan fingerprint density at radius 1 is 0.987 bits per heavy atom. The van der Waals surface area contributed by atoms with E-state index in [1.165, 1.54) is 6.20 Å². The molecular formula is C46H57N8O18P3S4. The number of ether oxygens (including phenoxy) is 3. The van der Waals surface area contributed by atoms with E-state index >= 15 is 0 Å². The average molecular weight is 1230 g/mol. The summed E-state index contributed by atoms with van der Waals surface area (Å²) >= 11 is 5.33. The number of aromatic carboxylic acids is 1. The fraction of sp³-hybridized carbons (Fsp3) is 0.370. The molecule has 0 bridgehead atoms. The maximum Gasteiger partial charge on any atom is 0.490 e. The lowest BCUT2D eigenvalue weighted by Crippen LogP contribution is -2.36. The summed E-state index contributed by atoms with van der Waals surface area (Å²) in [6.45, 7) is 6.62. The summed E-state index contributed by atoms with van der Waals surface area (Å²) < 4.78 is 72.1. The summed E-state index contributed by atoms with van der Waals surface area (Å²) in [6.07, 6.45) is 0.208. The number of phosphoric ester groups is 1. The molecule has 3 aromatic rings. The quantitative estimate of drug-likeness (QED) is 0.00526. The summed E-state index contributed by atoms with van der Waals surface area (Å²) in [6, 6.07) is 14.8. The van der Waals surface area contributed by atoms with E-state index in [4.69, 9.17) is 61.0 Å². The van der Waals surface area contributed by atoms with Gasteiger partial charge in [0.25, 0.3) is 0 Å². The Labute approximate surface area is 467 Å². The lowest BCUT2D eigenvalue weighted by molar-refractivity contribution is -0.0544. The van der Waals surface area contributed by atoms with Gasteiger partial charge in [-0.15, -0.1) is 0 Å². The molecule has 3 heterocycles. The van der Waals surface area contributed by atoms with Gasteiger partial charge in [-0.25, -0.2) is 28.1 Å². The molecule has 0 saturated carbocycles. The van der Waals surface area contributed by atoms with Gasteiger partial charge < -0.3 is 76.1 Å². The zero-order valence-electron chi connectivity index (χ0n) is 42.0. The highest BCUT2D eigenvalue weighted by Crippen LogP contribution is 2.66. The number of nitrogens with zero attached hydrogens (tertiary/aromatic N) is 2. The van der Waals surface area contributed by atoms with Crippen LogP contribution < -0.4 is 38.5 Å². The third kappa shape index (κ3) is 19.3. The number of anilines is 2. The van der Waals surface area contributed by atoms with Crippen molar-refractivity contribution in [3.05, 3.63) is 99.9 Å². The minimum atomic E-state index is -5.78. The van der Waals surface area contributed by atoms with E-state index in [1.807, 2.05) is 6.92 Å². The molecular weight excluding hydrogens is 1170 g/mol. The van der Waals surface area contributed by atoms with Crippen LogP contribution in [0.3, 0.4) is 0 Å². The van der Waals surface area contributed by atoms with Crippen molar-refractivity contribution in [2.45, 2.75) is 51.0 Å². The van der Waals surface area contributed by atoms with Crippen LogP contribution in [0.5, 0.6) is 0 Å². The van der Waals surface area contributed by atoms with E-state index in [0.717, 1.165) is 23.2 Å². The number of nitrogens with one attached hydrogen (secondary N) is 4. The van der Waals surface area contributed by atoms with E-state index in [0.29, 0.717) is 88.2 Å². The van der Waals surface area contributed by atoms with Crippen molar-refractivity contribution in [1.82, 2.24) is 25.5 Å². The largest absolute Gasteiger partial charge is 0.490 e. The number of fused-ring (bicyclic) bond motifs is 2. The normalized spacial score (nSPS) is 17.3. The highest BCUT2D eigenvalue weighted by Gasteiger charge is 2.44. The van der Waals surface area contributed by atoms with Gasteiger partial charge in [0.15, 0.2) is 0 Å². The van der Waals surface area contributed by atoms with Gasteiger partial charge >= 0.3 is 41.2 Å². The van der Waals surface area contributed by atoms with Crippen molar-refractivity contribution in [3.8, 4) is 34.3 Å². The van der Waals surface area contributed by atoms with E-state index < -0.39 is 75.7 Å². The Bertz CT molecular complexity index is 3360. The minimum Gasteiger partial charge on any atom is -0.478 e. The van der Waals surface area contributed by atoms with Crippen molar-refractivity contribution in [2.75, 3.05) is 67.7 Å². The lowest BCUT2D eigenvalue weighted by Gasteiger charge is -2.21. The highest BCUT2D eigenvalue weighted by molar-refractivity contribution is 8.76. The van der Waals surface area contributed by atoms with Crippen LogP contribution >= 0.6 is 45.1 Å². The summed E-state index contributed by atoms with van der Waals surface area (Å²) in [5, 5.41) is 27.9. The minimum absolute atomic E-state index is 0.0526. The second-order valence-electron chi connectivity index (χ2n) is 16.9. The van der Waals surface area contributed by atoms with Crippen molar-refractivity contribution in [2.24, 2.45) is 0 Å². The third-order valence-electron chi connectivity index (χ3n) is 11.2. The van der Waals surface area contributed by atoms with Crippen LogP contribution in [0.4, 0.5) is 16.3 Å². The first-order valence-corrected chi connectivity index (χ1v) is 33.2. The number of unbranched alkanes of at least 4 members (excludes halogenated alkanes) is 2. The number of urea groups is 1. The number of rotatable bonds is 29. The van der Waals surface area contributed by atoms with Crippen LogP contribution in [-0.4, -0.2) is 115 Å². The molecule has 1 aliphatic carbocycles. The molecule has 1 saturated heterocycles. The Balaban J connectivity index is 0.870. The molecule has 6 rings (SSSR count). The number of benzene rings is 3. The first-order chi connectivity index (χ1) is 37.4. The number of hydrogen-bond acceptors (Lipinski definition) is 21. The number of carbonyl (C=O) groups excluding carboxylic acids is 1. The highest BCUT2D eigenvalue weighted by atomic mass is 33.1. The zero-order valence-corrected chi connectivity index (χ0v) is 47.9. The number of aromatic nitrogens is 2. The Morgan fingerprint density at radius 2 is 1.77 bits per heavy atom. The van der Waals surface area contributed by atoms with Crippen molar-refractivity contribution < 1.29 is 79.7 Å². The van der Waals surface area contributed by atoms with Gasteiger partial charge in [-0.2, -0.15) is 13.6 Å². The number of nitrogens with two attached hydrogens (primary N) is 2. The molecule has 1 aromatic heterocycles. The number of amides is 2. The Morgan fingerprint density at radius 3 is 2.52 bits per heavy atom. The van der Waals surface area contributed by atoms with Crippen LogP contribution in [0, 0.1) is 17.3 Å². The molecule has 0 spiro atoms. The van der Waals surface area contributed by atoms with Gasteiger partial charge in [0, 0.05) is 78.1 Å². The molecule has 2 amide bonds. The second kappa shape index (κ2) is 29.1. The predicted octanol–water partition coefficient (Wildman–Crippen LogP) is 5.61. The van der Waals surface area contributed by atoms with Crippen LogP contribution in [0.15, 0.2) is 76.6 Å². The molecule has 0 radical (unpaired) electrons. The molecule has 1 fully saturated rings. The maximum atomic E-state index is 12.9. The Kier molecular flexibility index (Phi) is 23.3. The summed E-state index contributed by atoms with van der Waals surface area (Å²) in [4.78, 5) is 78.7. The van der Waals surface area contributed by atoms with E-state index in [1.54, 1.807) is 76.2 Å². The topological polar surface area (TPSA) is 402 Å². The summed E-state index contributed by atoms with van der Waals surface area (Å²) in [7, 11) is -14.4. The SMILES string of the molecule is C=C(NCCSSCOCCCCCNC(=O)NCC#Cc1cn([C@H]2C[C@@H](OCS(=S)CC)[C@@H](COP(=O)(O)OP(=O)(O)OP(=O)(O)O)O2)c(=O)nc1N)c1ccc(C(=O)O)c(-c2c3ccc(=N)cc-3oc3cc(N)ccc23)c1. The van der Waals surface area contributed by atoms with Gasteiger partial charge in [0.2, 0.25) is 0 Å². The van der Waals surface area contributed by atoms with Gasteiger partial charge in [0.05, 0.1) is 41.7 Å². The number of carboxylic acids is 1. The fourth-order valence-corrected chi connectivity index (χ4v) is 12.8. The summed E-state index contributed by atoms with van der Waals surface area (Å²) in [5.74, 6) is 6.44. The monoisotopic (exact) mass is 1230 g/mol. The molecule has 79 heavy (non-hydrogen) atoms. The predicted molar refractivity (Wildman–Crippen MR) is 302 cm³/mol. The maximum absolute atomic E-state index is 12.9. The first kappa shape index (κ1) is 63.2. The average Bonchev–Trinajstić information content (AvgIpc) is 3.86. The van der Waals surface area contributed by atoms with Crippen molar-refractivity contribution in [1.29, 1.82) is 5.41 Å².